The molecule has 2 aromatic carbocycles. The number of aromatic nitrogens is 4. The molecule has 174 valence electrons. The third kappa shape index (κ3) is 4.76. The van der Waals surface area contributed by atoms with Crippen LogP contribution in [0.2, 0.25) is 0 Å². The highest BCUT2D eigenvalue weighted by Gasteiger charge is 2.19. The number of amides is 1. The molecule has 0 aliphatic heterocycles. The molecule has 0 unspecified atom stereocenters. The van der Waals surface area contributed by atoms with E-state index in [-0.39, 0.29) is 10.8 Å². The van der Waals surface area contributed by atoms with E-state index in [0.717, 1.165) is 28.2 Å². The Morgan fingerprint density at radius 1 is 1.09 bits per heavy atom. The van der Waals surface area contributed by atoms with Crippen LogP contribution in [0.15, 0.2) is 47.4 Å². The molecule has 33 heavy (non-hydrogen) atoms. The number of nitrogens with one attached hydrogen (secondary N) is 2. The average Bonchev–Trinajstić information content (AvgIpc) is 3.37. The van der Waals surface area contributed by atoms with E-state index in [9.17, 15) is 13.2 Å². The van der Waals surface area contributed by atoms with Crippen LogP contribution in [0.5, 0.6) is 0 Å². The van der Waals surface area contributed by atoms with Crippen LogP contribution < -0.4 is 5.32 Å². The van der Waals surface area contributed by atoms with Crippen molar-refractivity contribution in [3.63, 3.8) is 0 Å². The van der Waals surface area contributed by atoms with Crippen LogP contribution in [-0.2, 0) is 34.2 Å². The minimum Gasteiger partial charge on any atom is -0.356 e. The van der Waals surface area contributed by atoms with Crippen molar-refractivity contribution in [1.82, 2.24) is 29.1 Å². The number of H-pyrrole nitrogens is 1. The molecule has 0 fully saturated rings. The first-order valence-electron chi connectivity index (χ1n) is 10.9. The lowest BCUT2D eigenvalue weighted by Crippen LogP contribution is -2.26. The number of rotatable bonds is 9. The van der Waals surface area contributed by atoms with Gasteiger partial charge in [0.05, 0.1) is 27.0 Å². The highest BCUT2D eigenvalue weighted by molar-refractivity contribution is 7.89. The van der Waals surface area contributed by atoms with Crippen LogP contribution in [-0.4, -0.2) is 58.8 Å². The monoisotopic (exact) mass is 468 g/mol. The zero-order valence-corrected chi connectivity index (χ0v) is 19.8. The molecule has 0 radical (unpaired) electrons. The van der Waals surface area contributed by atoms with Gasteiger partial charge in [-0.15, -0.1) is 0 Å². The number of benzene rings is 2. The highest BCUT2D eigenvalue weighted by atomic mass is 32.2. The molecule has 0 saturated carbocycles. The summed E-state index contributed by atoms with van der Waals surface area (Å²) in [6, 6.07) is 12.8. The Hall–Kier alpha value is -3.24. The molecule has 2 aromatic heterocycles. The molecule has 4 aromatic rings. The third-order valence-electron chi connectivity index (χ3n) is 5.59. The Morgan fingerprint density at radius 2 is 1.88 bits per heavy atom. The number of hydrogen-bond donors (Lipinski definition) is 2. The first-order valence-corrected chi connectivity index (χ1v) is 12.4. The molecule has 0 aliphatic carbocycles. The second-order valence-corrected chi connectivity index (χ2v) is 10.2. The molecule has 2 N–H and O–H groups in total. The predicted molar refractivity (Wildman–Crippen MR) is 127 cm³/mol. The Morgan fingerprint density at radius 3 is 2.61 bits per heavy atom. The van der Waals surface area contributed by atoms with Crippen molar-refractivity contribution in [3.05, 3.63) is 54.1 Å². The van der Waals surface area contributed by atoms with E-state index < -0.39 is 10.0 Å². The summed E-state index contributed by atoms with van der Waals surface area (Å²) in [5.74, 6) is 1.55. The lowest BCUT2D eigenvalue weighted by Gasteiger charge is -2.11. The summed E-state index contributed by atoms with van der Waals surface area (Å²) in [6.07, 6.45) is 1.39. The first-order chi connectivity index (χ1) is 15.8. The fraction of sp³-hybridized carbons (Fsp3) is 0.348. The van der Waals surface area contributed by atoms with E-state index in [1.807, 2.05) is 35.8 Å². The van der Waals surface area contributed by atoms with Crippen molar-refractivity contribution in [2.24, 2.45) is 0 Å². The molecule has 0 aliphatic rings. The Bertz CT molecular complexity index is 1370. The van der Waals surface area contributed by atoms with E-state index in [1.165, 1.54) is 18.4 Å². The fourth-order valence-electron chi connectivity index (χ4n) is 3.83. The summed E-state index contributed by atoms with van der Waals surface area (Å²) in [7, 11) is -0.529. The number of carbonyl (C=O) groups is 1. The van der Waals surface area contributed by atoms with Crippen LogP contribution in [0.25, 0.3) is 22.1 Å². The number of aryl methyl sites for hydroxylation is 2. The largest absolute Gasteiger partial charge is 0.356 e. The SMILES string of the molecule is CCn1c(CCC(=O)NCCc2nc3ccccc3[nH]2)nc2cc(S(=O)(=O)N(C)C)ccc21. The van der Waals surface area contributed by atoms with E-state index in [4.69, 9.17) is 0 Å². The van der Waals surface area contributed by atoms with Crippen molar-refractivity contribution in [1.29, 1.82) is 0 Å². The van der Waals surface area contributed by atoms with Crippen molar-refractivity contribution < 1.29 is 13.2 Å². The number of imidazole rings is 2. The van der Waals surface area contributed by atoms with Gasteiger partial charge in [0.15, 0.2) is 0 Å². The molecule has 4 rings (SSSR count). The Labute approximate surface area is 192 Å². The molecule has 2 heterocycles. The Balaban J connectivity index is 1.38. The number of fused-ring (bicyclic) bond motifs is 2. The van der Waals surface area contributed by atoms with Crippen LogP contribution in [0.4, 0.5) is 0 Å². The van der Waals surface area contributed by atoms with E-state index in [0.29, 0.717) is 37.9 Å². The maximum absolute atomic E-state index is 12.4. The van der Waals surface area contributed by atoms with Crippen LogP contribution in [0, 0.1) is 0 Å². The summed E-state index contributed by atoms with van der Waals surface area (Å²) in [5, 5.41) is 2.94. The fourth-order valence-corrected chi connectivity index (χ4v) is 4.75. The first kappa shape index (κ1) is 22.9. The number of aromatic amines is 1. The third-order valence-corrected chi connectivity index (χ3v) is 7.40. The highest BCUT2D eigenvalue weighted by Crippen LogP contribution is 2.22. The van der Waals surface area contributed by atoms with Gasteiger partial charge in [0.1, 0.15) is 11.6 Å². The maximum Gasteiger partial charge on any atom is 0.242 e. The molecule has 0 atom stereocenters. The molecule has 0 bridgehead atoms. The minimum atomic E-state index is -3.53. The van der Waals surface area contributed by atoms with Crippen LogP contribution in [0.3, 0.4) is 0 Å². The van der Waals surface area contributed by atoms with Gasteiger partial charge in [-0.2, -0.15) is 0 Å². The van der Waals surface area contributed by atoms with E-state index in [2.05, 4.69) is 20.3 Å². The van der Waals surface area contributed by atoms with Gasteiger partial charge in [-0.3, -0.25) is 4.79 Å². The van der Waals surface area contributed by atoms with Crippen LogP contribution >= 0.6 is 0 Å². The topological polar surface area (TPSA) is 113 Å². The van der Waals surface area contributed by atoms with Gasteiger partial charge in [0.25, 0.3) is 0 Å². The molecule has 9 nitrogen and oxygen atoms in total. The van der Waals surface area contributed by atoms with E-state index in [1.54, 1.807) is 18.2 Å². The van der Waals surface area contributed by atoms with Gasteiger partial charge in [0, 0.05) is 46.4 Å². The minimum absolute atomic E-state index is 0.0586. The molecule has 0 spiro atoms. The van der Waals surface area contributed by atoms with Gasteiger partial charge in [-0.25, -0.2) is 22.7 Å². The second-order valence-electron chi connectivity index (χ2n) is 8.01. The predicted octanol–water partition coefficient (Wildman–Crippen LogP) is 2.47. The zero-order valence-electron chi connectivity index (χ0n) is 19.0. The van der Waals surface area contributed by atoms with Crippen molar-refractivity contribution in [3.8, 4) is 0 Å². The molecular formula is C23H28N6O3S. The summed E-state index contributed by atoms with van der Waals surface area (Å²) >= 11 is 0. The molecule has 10 heteroatoms. The standard InChI is InChI=1S/C23H28N6O3S/c1-4-29-20-10-9-16(33(31,32)28(2)3)15-19(20)27-22(29)11-12-23(30)24-14-13-21-25-17-7-5-6-8-18(17)26-21/h5-10,15H,4,11-14H2,1-3H3,(H,24,30)(H,25,26). The normalized spacial score (nSPS) is 12.1. The number of carbonyl (C=O) groups excluding carboxylic acids is 1. The summed E-state index contributed by atoms with van der Waals surface area (Å²) < 4.78 is 28.1. The smallest absolute Gasteiger partial charge is 0.242 e. The maximum atomic E-state index is 12.4. The van der Waals surface area contributed by atoms with Gasteiger partial charge in [-0.1, -0.05) is 12.1 Å². The average molecular weight is 469 g/mol. The number of nitrogens with zero attached hydrogens (tertiary/aromatic N) is 4. The Kier molecular flexibility index (Phi) is 6.48. The van der Waals surface area contributed by atoms with Gasteiger partial charge in [0.2, 0.25) is 15.9 Å². The number of sulfonamides is 1. The molecular weight excluding hydrogens is 440 g/mol. The second kappa shape index (κ2) is 9.32. The van der Waals surface area contributed by atoms with Crippen LogP contribution in [0.1, 0.15) is 25.0 Å². The summed E-state index contributed by atoms with van der Waals surface area (Å²) in [4.78, 5) is 25.0. The quantitative estimate of drug-likeness (QED) is 0.392. The van der Waals surface area contributed by atoms with E-state index >= 15 is 0 Å². The molecule has 0 saturated heterocycles. The van der Waals surface area contributed by atoms with Gasteiger partial charge < -0.3 is 14.9 Å². The number of para-hydroxylation sites is 2. The zero-order chi connectivity index (χ0) is 23.6. The summed E-state index contributed by atoms with van der Waals surface area (Å²) in [6.45, 7) is 3.18. The van der Waals surface area contributed by atoms with Gasteiger partial charge >= 0.3 is 0 Å². The lowest BCUT2D eigenvalue weighted by molar-refractivity contribution is -0.121. The number of hydrogen-bond acceptors (Lipinski definition) is 5. The molecule has 1 amide bonds. The lowest BCUT2D eigenvalue weighted by atomic mass is 10.2. The van der Waals surface area contributed by atoms with Gasteiger partial charge in [-0.05, 0) is 37.3 Å². The van der Waals surface area contributed by atoms with Crippen molar-refractivity contribution in [2.45, 2.75) is 37.6 Å². The van der Waals surface area contributed by atoms with Crippen molar-refractivity contribution in [2.75, 3.05) is 20.6 Å². The summed E-state index contributed by atoms with van der Waals surface area (Å²) in [5.41, 5.74) is 3.37. The van der Waals surface area contributed by atoms with Crippen molar-refractivity contribution >= 4 is 38.0 Å².